The van der Waals surface area contributed by atoms with Crippen molar-refractivity contribution in [1.29, 1.82) is 0 Å². The molecule has 1 N–H and O–H groups in total. The van der Waals surface area contributed by atoms with Crippen molar-refractivity contribution in [3.63, 3.8) is 0 Å². The molecule has 0 spiro atoms. The summed E-state index contributed by atoms with van der Waals surface area (Å²) in [5.74, 6) is 0. The zero-order chi connectivity index (χ0) is 14.5. The van der Waals surface area contributed by atoms with Crippen LogP contribution in [0.5, 0.6) is 0 Å². The van der Waals surface area contributed by atoms with Gasteiger partial charge in [0.15, 0.2) is 0 Å². The van der Waals surface area contributed by atoms with E-state index < -0.39 is 0 Å². The van der Waals surface area contributed by atoms with E-state index in [9.17, 15) is 10.1 Å². The van der Waals surface area contributed by atoms with E-state index in [0.717, 1.165) is 29.7 Å². The molecule has 0 atom stereocenters. The van der Waals surface area contributed by atoms with Crippen LogP contribution in [0.2, 0.25) is 0 Å². The van der Waals surface area contributed by atoms with Crippen molar-refractivity contribution in [2.24, 2.45) is 0 Å². The van der Waals surface area contributed by atoms with Crippen molar-refractivity contribution in [3.05, 3.63) is 52.4 Å². The van der Waals surface area contributed by atoms with Crippen LogP contribution < -0.4 is 5.32 Å². The predicted octanol–water partition coefficient (Wildman–Crippen LogP) is 3.83. The summed E-state index contributed by atoms with van der Waals surface area (Å²) in [5, 5.41) is 15.8. The van der Waals surface area contributed by atoms with E-state index in [1.165, 1.54) is 6.07 Å². The van der Waals surface area contributed by atoms with Crippen LogP contribution >= 0.6 is 0 Å². The van der Waals surface area contributed by atoms with E-state index in [2.05, 4.69) is 16.4 Å². The maximum Gasteiger partial charge on any atom is 0.278 e. The number of nitro benzene ring substituents is 1. The van der Waals surface area contributed by atoms with Crippen LogP contribution in [0, 0.1) is 17.0 Å². The second-order valence-corrected chi connectivity index (χ2v) is 4.55. The third kappa shape index (κ3) is 2.93. The molecule has 0 saturated carbocycles. The van der Waals surface area contributed by atoms with Gasteiger partial charge in [0.05, 0.1) is 10.3 Å². The predicted molar refractivity (Wildman–Crippen MR) is 81.1 cm³/mol. The van der Waals surface area contributed by atoms with Crippen LogP contribution in [0.15, 0.2) is 36.5 Å². The number of benzene rings is 1. The molecule has 0 radical (unpaired) electrons. The maximum atomic E-state index is 11.1. The summed E-state index contributed by atoms with van der Waals surface area (Å²) in [6, 6.07) is 5.16. The molecule has 1 aromatic heterocycles. The number of aryl methyl sites for hydroxylation is 1. The van der Waals surface area contributed by atoms with Crippen molar-refractivity contribution in [1.82, 2.24) is 4.98 Å². The lowest BCUT2D eigenvalue weighted by molar-refractivity contribution is -0.383. The van der Waals surface area contributed by atoms with Crippen LogP contribution in [0.25, 0.3) is 10.8 Å². The Morgan fingerprint density at radius 2 is 2.20 bits per heavy atom. The van der Waals surface area contributed by atoms with E-state index in [1.807, 2.05) is 26.0 Å². The number of fused-ring (bicyclic) bond motifs is 1. The third-order valence-corrected chi connectivity index (χ3v) is 3.07. The van der Waals surface area contributed by atoms with Crippen molar-refractivity contribution in [3.8, 4) is 0 Å². The van der Waals surface area contributed by atoms with Gasteiger partial charge >= 0.3 is 0 Å². The Balaban J connectivity index is 2.42. The fraction of sp³-hybridized carbons (Fsp3) is 0.267. The number of rotatable bonds is 5. The van der Waals surface area contributed by atoms with Crippen molar-refractivity contribution >= 4 is 22.1 Å². The minimum Gasteiger partial charge on any atom is -0.384 e. The number of nitro groups is 1. The number of nitrogens with zero attached hydrogens (tertiary/aromatic N) is 2. The second kappa shape index (κ2) is 6.14. The van der Waals surface area contributed by atoms with Crippen LogP contribution in [0.4, 0.5) is 11.4 Å². The lowest BCUT2D eigenvalue weighted by Gasteiger charge is -2.09. The lowest BCUT2D eigenvalue weighted by atomic mass is 10.1. The second-order valence-electron chi connectivity index (χ2n) is 4.55. The van der Waals surface area contributed by atoms with Gasteiger partial charge < -0.3 is 5.32 Å². The van der Waals surface area contributed by atoms with E-state index in [0.29, 0.717) is 5.39 Å². The van der Waals surface area contributed by atoms with Crippen molar-refractivity contribution in [2.75, 3.05) is 11.9 Å². The zero-order valence-electron chi connectivity index (χ0n) is 11.6. The van der Waals surface area contributed by atoms with Gasteiger partial charge in [-0.1, -0.05) is 12.2 Å². The first-order valence-corrected chi connectivity index (χ1v) is 6.52. The molecule has 5 nitrogen and oxygen atoms in total. The summed E-state index contributed by atoms with van der Waals surface area (Å²) in [7, 11) is 0. The normalized spacial score (nSPS) is 11.1. The molecule has 0 bridgehead atoms. The molecule has 5 heteroatoms. The van der Waals surface area contributed by atoms with Crippen LogP contribution in [-0.4, -0.2) is 16.5 Å². The smallest absolute Gasteiger partial charge is 0.278 e. The van der Waals surface area contributed by atoms with E-state index >= 15 is 0 Å². The summed E-state index contributed by atoms with van der Waals surface area (Å²) >= 11 is 0. The molecular weight excluding hydrogens is 254 g/mol. The molecule has 1 heterocycles. The van der Waals surface area contributed by atoms with Gasteiger partial charge in [0.25, 0.3) is 5.69 Å². The first kappa shape index (κ1) is 14.0. The molecule has 0 aliphatic rings. The van der Waals surface area contributed by atoms with Crippen molar-refractivity contribution in [2.45, 2.75) is 20.3 Å². The van der Waals surface area contributed by atoms with Gasteiger partial charge in [-0.25, -0.2) is 0 Å². The number of aromatic nitrogens is 1. The molecule has 0 fully saturated rings. The van der Waals surface area contributed by atoms with E-state index in [4.69, 9.17) is 0 Å². The highest BCUT2D eigenvalue weighted by Gasteiger charge is 2.14. The van der Waals surface area contributed by atoms with Gasteiger partial charge in [0, 0.05) is 35.6 Å². The minimum atomic E-state index is -0.372. The Bertz CT molecular complexity index is 665. The van der Waals surface area contributed by atoms with E-state index in [1.54, 1.807) is 12.3 Å². The third-order valence-electron chi connectivity index (χ3n) is 3.07. The fourth-order valence-corrected chi connectivity index (χ4v) is 2.10. The fourth-order valence-electron chi connectivity index (χ4n) is 2.10. The monoisotopic (exact) mass is 271 g/mol. The summed E-state index contributed by atoms with van der Waals surface area (Å²) < 4.78 is 0. The summed E-state index contributed by atoms with van der Waals surface area (Å²) in [4.78, 5) is 14.8. The van der Waals surface area contributed by atoms with Gasteiger partial charge in [-0.2, -0.15) is 0 Å². The first-order valence-electron chi connectivity index (χ1n) is 6.52. The molecule has 0 aliphatic carbocycles. The molecule has 1 aromatic carbocycles. The highest BCUT2D eigenvalue weighted by Crippen LogP contribution is 2.31. The van der Waals surface area contributed by atoms with Crippen LogP contribution in [0.3, 0.4) is 0 Å². The topological polar surface area (TPSA) is 68.1 Å². The van der Waals surface area contributed by atoms with Gasteiger partial charge in [0.1, 0.15) is 0 Å². The maximum absolute atomic E-state index is 11.1. The van der Waals surface area contributed by atoms with Crippen LogP contribution in [0.1, 0.15) is 19.0 Å². The molecule has 0 amide bonds. The highest BCUT2D eigenvalue weighted by atomic mass is 16.6. The summed E-state index contributed by atoms with van der Waals surface area (Å²) in [5.41, 5.74) is 1.83. The van der Waals surface area contributed by atoms with Gasteiger partial charge in [-0.15, -0.1) is 0 Å². The average Bonchev–Trinajstić information content (AvgIpc) is 2.43. The molecule has 104 valence electrons. The van der Waals surface area contributed by atoms with Crippen LogP contribution in [-0.2, 0) is 0 Å². The average molecular weight is 271 g/mol. The molecule has 20 heavy (non-hydrogen) atoms. The number of non-ortho nitro benzene ring substituents is 1. The number of hydrogen-bond acceptors (Lipinski definition) is 4. The number of nitrogens with one attached hydrogen (secondary N) is 1. The number of hydrogen-bond donors (Lipinski definition) is 1. The first-order chi connectivity index (χ1) is 9.63. The zero-order valence-corrected chi connectivity index (χ0v) is 11.6. The number of allylic oxidation sites excluding steroid dienone is 1. The summed E-state index contributed by atoms with van der Waals surface area (Å²) in [6.07, 6.45) is 6.57. The van der Waals surface area contributed by atoms with Gasteiger partial charge in [0.2, 0.25) is 0 Å². The Kier molecular flexibility index (Phi) is 4.30. The molecule has 0 aliphatic heterocycles. The minimum absolute atomic E-state index is 0.0894. The molecule has 0 unspecified atom stereocenters. The molecule has 2 rings (SSSR count). The highest BCUT2D eigenvalue weighted by molar-refractivity contribution is 5.99. The number of pyridine rings is 1. The van der Waals surface area contributed by atoms with Gasteiger partial charge in [-0.05, 0) is 32.4 Å². The number of anilines is 1. The standard InChI is InChI=1S/C15H17N3O2/c1-3-4-5-8-16-14-6-7-15(18(19)20)13-10-17-11(2)9-12(13)14/h3-4,6-7,9-10,16H,5,8H2,1-2H3/b4-3+. The Morgan fingerprint density at radius 3 is 2.90 bits per heavy atom. The van der Waals surface area contributed by atoms with Gasteiger partial charge in [-0.3, -0.25) is 15.1 Å². The molecule has 2 aromatic rings. The Hall–Kier alpha value is -2.43. The van der Waals surface area contributed by atoms with Crippen molar-refractivity contribution < 1.29 is 4.92 Å². The quantitative estimate of drug-likeness (QED) is 0.388. The Morgan fingerprint density at radius 1 is 1.40 bits per heavy atom. The Labute approximate surface area is 117 Å². The summed E-state index contributed by atoms with van der Waals surface area (Å²) in [6.45, 7) is 4.65. The SMILES string of the molecule is C/C=C/CCNc1ccc([N+](=O)[O-])c2cnc(C)cc12. The largest absolute Gasteiger partial charge is 0.384 e. The lowest BCUT2D eigenvalue weighted by Crippen LogP contribution is -2.02. The molecule has 0 saturated heterocycles. The van der Waals surface area contributed by atoms with E-state index in [-0.39, 0.29) is 10.6 Å². The molecular formula is C15H17N3O2.